The predicted octanol–water partition coefficient (Wildman–Crippen LogP) is 1.18. The molecule has 3 nitrogen and oxygen atoms in total. The number of rotatable bonds is 5. The van der Waals surface area contributed by atoms with Crippen molar-refractivity contribution >= 4 is 0 Å². The molecule has 0 aromatic carbocycles. The molecule has 0 spiro atoms. The van der Waals surface area contributed by atoms with Crippen LogP contribution in [-0.4, -0.2) is 39.1 Å². The van der Waals surface area contributed by atoms with Crippen LogP contribution in [0, 0.1) is 11.8 Å². The normalized spacial score (nSPS) is 24.4. The molecule has 0 radical (unpaired) electrons. The quantitative estimate of drug-likeness (QED) is 0.767. The first kappa shape index (κ1) is 12.7. The lowest BCUT2D eigenvalue weighted by Gasteiger charge is -2.19. The molecule has 2 unspecified atom stereocenters. The van der Waals surface area contributed by atoms with E-state index in [1.54, 1.807) is 0 Å². The SMILES string of the molecule is NCC(COCC1CCOC1)C(F)(F)F. The Balaban J connectivity index is 2.16. The first-order chi connectivity index (χ1) is 7.04. The molecule has 1 aliphatic rings. The third kappa shape index (κ3) is 4.36. The van der Waals surface area contributed by atoms with Crippen LogP contribution in [0.3, 0.4) is 0 Å². The molecule has 0 amide bonds. The minimum absolute atomic E-state index is 0.233. The molecular formula is C9H16F3NO2. The number of hydrogen-bond donors (Lipinski definition) is 1. The molecule has 0 aromatic heterocycles. The number of halogens is 3. The van der Waals surface area contributed by atoms with Gasteiger partial charge in [-0.2, -0.15) is 13.2 Å². The third-order valence-electron chi connectivity index (χ3n) is 2.44. The second-order valence-corrected chi connectivity index (χ2v) is 3.74. The molecule has 2 atom stereocenters. The first-order valence-corrected chi connectivity index (χ1v) is 4.96. The van der Waals surface area contributed by atoms with Crippen LogP contribution in [-0.2, 0) is 9.47 Å². The molecule has 1 rings (SSSR count). The Hall–Kier alpha value is -0.330. The van der Waals surface area contributed by atoms with E-state index in [4.69, 9.17) is 15.2 Å². The molecule has 90 valence electrons. The Kier molecular flexibility index (Phi) is 4.82. The molecule has 0 aromatic rings. The third-order valence-corrected chi connectivity index (χ3v) is 2.44. The highest BCUT2D eigenvalue weighted by Gasteiger charge is 2.38. The van der Waals surface area contributed by atoms with Gasteiger partial charge in [0.05, 0.1) is 25.7 Å². The summed E-state index contributed by atoms with van der Waals surface area (Å²) in [5, 5.41) is 0. The lowest BCUT2D eigenvalue weighted by atomic mass is 10.1. The van der Waals surface area contributed by atoms with E-state index >= 15 is 0 Å². The topological polar surface area (TPSA) is 44.5 Å². The maximum atomic E-state index is 12.2. The Bertz CT molecular complexity index is 181. The van der Waals surface area contributed by atoms with Gasteiger partial charge in [0.15, 0.2) is 0 Å². The van der Waals surface area contributed by atoms with Gasteiger partial charge in [0.1, 0.15) is 0 Å². The van der Waals surface area contributed by atoms with Gasteiger partial charge in [0.25, 0.3) is 0 Å². The zero-order valence-electron chi connectivity index (χ0n) is 8.43. The Morgan fingerprint density at radius 3 is 2.67 bits per heavy atom. The van der Waals surface area contributed by atoms with Crippen molar-refractivity contribution in [1.82, 2.24) is 0 Å². The van der Waals surface area contributed by atoms with Crippen LogP contribution in [0.25, 0.3) is 0 Å². The zero-order chi connectivity index (χ0) is 11.3. The second kappa shape index (κ2) is 5.67. The Morgan fingerprint density at radius 2 is 2.20 bits per heavy atom. The molecule has 1 saturated heterocycles. The van der Waals surface area contributed by atoms with E-state index in [-0.39, 0.29) is 12.5 Å². The maximum absolute atomic E-state index is 12.2. The van der Waals surface area contributed by atoms with Gasteiger partial charge >= 0.3 is 6.18 Å². The van der Waals surface area contributed by atoms with Crippen molar-refractivity contribution in [2.24, 2.45) is 17.6 Å². The smallest absolute Gasteiger partial charge is 0.381 e. The van der Waals surface area contributed by atoms with Gasteiger partial charge in [-0.25, -0.2) is 0 Å². The molecule has 0 aliphatic carbocycles. The van der Waals surface area contributed by atoms with Gasteiger partial charge in [-0.05, 0) is 6.42 Å². The molecule has 0 bridgehead atoms. The molecule has 6 heteroatoms. The van der Waals surface area contributed by atoms with Crippen molar-refractivity contribution in [3.63, 3.8) is 0 Å². The number of ether oxygens (including phenoxy) is 2. The average molecular weight is 227 g/mol. The molecular weight excluding hydrogens is 211 g/mol. The number of alkyl halides is 3. The van der Waals surface area contributed by atoms with Gasteiger partial charge in [0.2, 0.25) is 0 Å². The minimum atomic E-state index is -4.26. The fourth-order valence-electron chi connectivity index (χ4n) is 1.39. The summed E-state index contributed by atoms with van der Waals surface area (Å²) in [4.78, 5) is 0. The van der Waals surface area contributed by atoms with E-state index in [1.165, 1.54) is 0 Å². The lowest BCUT2D eigenvalue weighted by Crippen LogP contribution is -2.34. The van der Waals surface area contributed by atoms with Gasteiger partial charge in [-0.15, -0.1) is 0 Å². The summed E-state index contributed by atoms with van der Waals surface area (Å²) in [5.41, 5.74) is 5.03. The molecule has 0 saturated carbocycles. The summed E-state index contributed by atoms with van der Waals surface area (Å²) < 4.78 is 46.8. The highest BCUT2D eigenvalue weighted by atomic mass is 19.4. The maximum Gasteiger partial charge on any atom is 0.395 e. The van der Waals surface area contributed by atoms with E-state index in [0.29, 0.717) is 19.8 Å². The summed E-state index contributed by atoms with van der Waals surface area (Å²) in [5.74, 6) is -1.32. The standard InChI is InChI=1S/C9H16F3NO2/c10-9(11,12)8(3-13)6-15-5-7-1-2-14-4-7/h7-8H,1-6,13H2. The Morgan fingerprint density at radius 1 is 1.47 bits per heavy atom. The van der Waals surface area contributed by atoms with Crippen molar-refractivity contribution in [2.75, 3.05) is 33.0 Å². The zero-order valence-corrected chi connectivity index (χ0v) is 8.43. The number of nitrogens with two attached hydrogens (primary N) is 1. The van der Waals surface area contributed by atoms with Crippen LogP contribution in [0.15, 0.2) is 0 Å². The van der Waals surface area contributed by atoms with E-state index in [2.05, 4.69) is 0 Å². The van der Waals surface area contributed by atoms with Crippen LogP contribution >= 0.6 is 0 Å². The molecule has 1 heterocycles. The summed E-state index contributed by atoms with van der Waals surface area (Å²) >= 11 is 0. The fourth-order valence-corrected chi connectivity index (χ4v) is 1.39. The van der Waals surface area contributed by atoms with Crippen LogP contribution in [0.2, 0.25) is 0 Å². The summed E-state index contributed by atoms with van der Waals surface area (Å²) in [7, 11) is 0. The highest BCUT2D eigenvalue weighted by Crippen LogP contribution is 2.25. The van der Waals surface area contributed by atoms with Gasteiger partial charge in [0, 0.05) is 19.1 Å². The van der Waals surface area contributed by atoms with E-state index in [1.807, 2.05) is 0 Å². The van der Waals surface area contributed by atoms with Crippen LogP contribution in [0.5, 0.6) is 0 Å². The highest BCUT2D eigenvalue weighted by molar-refractivity contribution is 4.69. The van der Waals surface area contributed by atoms with Crippen LogP contribution < -0.4 is 5.73 Å². The predicted molar refractivity (Wildman–Crippen MR) is 48.3 cm³/mol. The van der Waals surface area contributed by atoms with Crippen molar-refractivity contribution < 1.29 is 22.6 Å². The Labute approximate surface area is 86.7 Å². The fraction of sp³-hybridized carbons (Fsp3) is 1.00. The van der Waals surface area contributed by atoms with E-state index in [0.717, 1.165) is 6.42 Å². The monoisotopic (exact) mass is 227 g/mol. The molecule has 2 N–H and O–H groups in total. The second-order valence-electron chi connectivity index (χ2n) is 3.74. The summed E-state index contributed by atoms with van der Waals surface area (Å²) in [6.45, 7) is 0.806. The molecule has 1 aliphatic heterocycles. The number of hydrogen-bond acceptors (Lipinski definition) is 3. The van der Waals surface area contributed by atoms with Crippen LogP contribution in [0.1, 0.15) is 6.42 Å². The summed E-state index contributed by atoms with van der Waals surface area (Å²) in [6.07, 6.45) is -3.40. The van der Waals surface area contributed by atoms with Gasteiger partial charge < -0.3 is 15.2 Å². The van der Waals surface area contributed by atoms with Crippen LogP contribution in [0.4, 0.5) is 13.2 Å². The van der Waals surface area contributed by atoms with Crippen molar-refractivity contribution in [3.8, 4) is 0 Å². The average Bonchev–Trinajstić information content (AvgIpc) is 2.62. The van der Waals surface area contributed by atoms with E-state index in [9.17, 15) is 13.2 Å². The molecule has 15 heavy (non-hydrogen) atoms. The van der Waals surface area contributed by atoms with Gasteiger partial charge in [-0.1, -0.05) is 0 Å². The first-order valence-electron chi connectivity index (χ1n) is 4.96. The largest absolute Gasteiger partial charge is 0.395 e. The minimum Gasteiger partial charge on any atom is -0.381 e. The summed E-state index contributed by atoms with van der Waals surface area (Å²) in [6, 6.07) is 0. The van der Waals surface area contributed by atoms with Crippen molar-refractivity contribution in [1.29, 1.82) is 0 Å². The lowest BCUT2D eigenvalue weighted by molar-refractivity contribution is -0.186. The van der Waals surface area contributed by atoms with E-state index < -0.39 is 18.6 Å². The van der Waals surface area contributed by atoms with Crippen molar-refractivity contribution in [3.05, 3.63) is 0 Å². The van der Waals surface area contributed by atoms with Gasteiger partial charge in [-0.3, -0.25) is 0 Å². The van der Waals surface area contributed by atoms with Crippen molar-refractivity contribution in [2.45, 2.75) is 12.6 Å². The molecule has 1 fully saturated rings.